The Bertz CT molecular complexity index is 779. The average molecular weight is 382 g/mol. The Morgan fingerprint density at radius 3 is 2.48 bits per heavy atom. The van der Waals surface area contributed by atoms with Gasteiger partial charge in [0.15, 0.2) is 5.82 Å². The van der Waals surface area contributed by atoms with Crippen molar-refractivity contribution < 1.29 is 18.0 Å². The molecule has 0 spiro atoms. The fraction of sp³-hybridized carbons (Fsp3) is 0.412. The van der Waals surface area contributed by atoms with E-state index in [-0.39, 0.29) is 17.8 Å². The van der Waals surface area contributed by atoms with Gasteiger partial charge >= 0.3 is 6.18 Å². The van der Waals surface area contributed by atoms with E-state index in [1.165, 1.54) is 18.5 Å². The molecule has 0 fully saturated rings. The van der Waals surface area contributed by atoms with Crippen LogP contribution in [0.2, 0.25) is 0 Å². The predicted molar refractivity (Wildman–Crippen MR) is 96.5 cm³/mol. The third kappa shape index (κ3) is 6.39. The Morgan fingerprint density at radius 2 is 1.93 bits per heavy atom. The molecule has 10 heteroatoms. The maximum absolute atomic E-state index is 12.2. The van der Waals surface area contributed by atoms with Gasteiger partial charge in [0.2, 0.25) is 5.91 Å². The monoisotopic (exact) mass is 382 g/mol. The molecule has 2 heterocycles. The second kappa shape index (κ2) is 8.65. The van der Waals surface area contributed by atoms with Gasteiger partial charge in [0, 0.05) is 12.6 Å². The lowest BCUT2D eigenvalue weighted by atomic mass is 10.1. The maximum atomic E-state index is 12.2. The first-order valence-electron chi connectivity index (χ1n) is 8.34. The second-order valence-electron chi connectivity index (χ2n) is 5.90. The molecule has 0 saturated heterocycles. The minimum Gasteiger partial charge on any atom is -0.362 e. The van der Waals surface area contributed by atoms with Crippen LogP contribution in [0.4, 0.5) is 30.6 Å². The van der Waals surface area contributed by atoms with Gasteiger partial charge in [-0.15, -0.1) is 0 Å². The number of nitrogens with zero attached hydrogens (tertiary/aromatic N) is 3. The summed E-state index contributed by atoms with van der Waals surface area (Å²) >= 11 is 0. The van der Waals surface area contributed by atoms with Gasteiger partial charge in [0.05, 0.1) is 17.9 Å². The lowest BCUT2D eigenvalue weighted by Crippen LogP contribution is -2.21. The lowest BCUT2D eigenvalue weighted by Gasteiger charge is -2.17. The quantitative estimate of drug-likeness (QED) is 0.677. The van der Waals surface area contributed by atoms with Gasteiger partial charge in [-0.05, 0) is 25.5 Å². The van der Waals surface area contributed by atoms with Crippen LogP contribution in [0, 0.1) is 6.92 Å². The molecule has 1 amide bonds. The predicted octanol–water partition coefficient (Wildman–Crippen LogP) is 3.68. The number of anilines is 3. The maximum Gasteiger partial charge on any atom is 0.405 e. The Kier molecular flexibility index (Phi) is 6.54. The summed E-state index contributed by atoms with van der Waals surface area (Å²) in [4.78, 5) is 23.9. The zero-order chi connectivity index (χ0) is 20.0. The number of carbonyl (C=O) groups excluding carboxylic acids is 1. The van der Waals surface area contributed by atoms with E-state index in [1.807, 2.05) is 6.92 Å². The van der Waals surface area contributed by atoms with Crippen molar-refractivity contribution in [2.45, 2.75) is 39.4 Å². The van der Waals surface area contributed by atoms with Crippen molar-refractivity contribution in [1.29, 1.82) is 0 Å². The molecule has 0 saturated carbocycles. The summed E-state index contributed by atoms with van der Waals surface area (Å²) in [5.74, 6) is 0.911. The van der Waals surface area contributed by atoms with Crippen molar-refractivity contribution in [3.05, 3.63) is 35.8 Å². The molecule has 146 valence electrons. The number of nitrogens with one attached hydrogen (secondary N) is 3. The molecule has 27 heavy (non-hydrogen) atoms. The number of alkyl halides is 3. The Hall–Kier alpha value is -2.91. The van der Waals surface area contributed by atoms with Crippen LogP contribution in [0.5, 0.6) is 0 Å². The van der Waals surface area contributed by atoms with E-state index in [1.54, 1.807) is 19.9 Å². The molecule has 1 unspecified atom stereocenters. The highest BCUT2D eigenvalue weighted by Crippen LogP contribution is 2.21. The van der Waals surface area contributed by atoms with Gasteiger partial charge in [-0.2, -0.15) is 13.2 Å². The standard InChI is InChI=1S/C17H21F3N6O/c1-4-15(27)26-14-8-22-16(11(3)24-14)25-10(2)12-5-6-13(21-7-12)23-9-17(18,19)20/h5-8,10H,4,9H2,1-3H3,(H,21,23)(H,22,25)(H,24,26,27). The topological polar surface area (TPSA) is 91.8 Å². The molecule has 7 nitrogen and oxygen atoms in total. The molecule has 2 aromatic heterocycles. The second-order valence-corrected chi connectivity index (χ2v) is 5.90. The summed E-state index contributed by atoms with van der Waals surface area (Å²) in [6.45, 7) is 4.23. The lowest BCUT2D eigenvalue weighted by molar-refractivity contribution is -0.116. The van der Waals surface area contributed by atoms with Crippen LogP contribution in [0.15, 0.2) is 24.5 Å². The largest absolute Gasteiger partial charge is 0.405 e. The number of rotatable bonds is 7. The van der Waals surface area contributed by atoms with Crippen molar-refractivity contribution in [3.63, 3.8) is 0 Å². The zero-order valence-electron chi connectivity index (χ0n) is 15.2. The summed E-state index contributed by atoms with van der Waals surface area (Å²) in [7, 11) is 0. The normalized spacial score (nSPS) is 12.4. The Balaban J connectivity index is 2.00. The Labute approximate surface area is 154 Å². The average Bonchev–Trinajstić information content (AvgIpc) is 2.62. The molecule has 2 aromatic rings. The highest BCUT2D eigenvalue weighted by molar-refractivity contribution is 5.89. The van der Waals surface area contributed by atoms with E-state index in [0.717, 1.165) is 5.56 Å². The van der Waals surface area contributed by atoms with Gasteiger partial charge in [-0.3, -0.25) is 4.79 Å². The summed E-state index contributed by atoms with van der Waals surface area (Å²) in [5, 5.41) is 8.03. The molecule has 0 bridgehead atoms. The van der Waals surface area contributed by atoms with Crippen molar-refractivity contribution in [1.82, 2.24) is 15.0 Å². The van der Waals surface area contributed by atoms with E-state index >= 15 is 0 Å². The van der Waals surface area contributed by atoms with Crippen molar-refractivity contribution in [2.24, 2.45) is 0 Å². The van der Waals surface area contributed by atoms with E-state index < -0.39 is 12.7 Å². The third-order valence-corrected chi connectivity index (χ3v) is 3.64. The fourth-order valence-electron chi connectivity index (χ4n) is 2.16. The van der Waals surface area contributed by atoms with Crippen LogP contribution < -0.4 is 16.0 Å². The number of aryl methyl sites for hydroxylation is 1. The van der Waals surface area contributed by atoms with Crippen LogP contribution in [-0.4, -0.2) is 33.6 Å². The van der Waals surface area contributed by atoms with E-state index in [9.17, 15) is 18.0 Å². The van der Waals surface area contributed by atoms with Gasteiger partial charge < -0.3 is 16.0 Å². The minimum atomic E-state index is -4.30. The van der Waals surface area contributed by atoms with Gasteiger partial charge in [0.25, 0.3) is 0 Å². The number of halogens is 3. The van der Waals surface area contributed by atoms with Gasteiger partial charge in [-0.1, -0.05) is 13.0 Å². The number of hydrogen-bond acceptors (Lipinski definition) is 6. The van der Waals surface area contributed by atoms with Crippen molar-refractivity contribution in [2.75, 3.05) is 22.5 Å². The van der Waals surface area contributed by atoms with Crippen LogP contribution in [-0.2, 0) is 4.79 Å². The van der Waals surface area contributed by atoms with E-state index in [0.29, 0.717) is 23.8 Å². The first-order valence-corrected chi connectivity index (χ1v) is 8.34. The Morgan fingerprint density at radius 1 is 1.19 bits per heavy atom. The summed E-state index contributed by atoms with van der Waals surface area (Å²) in [6.07, 6.45) is -1.00. The highest BCUT2D eigenvalue weighted by atomic mass is 19.4. The number of pyridine rings is 1. The smallest absolute Gasteiger partial charge is 0.362 e. The number of aromatic nitrogens is 3. The van der Waals surface area contributed by atoms with Crippen LogP contribution in [0.3, 0.4) is 0 Å². The SMILES string of the molecule is CCC(=O)Nc1cnc(NC(C)c2ccc(NCC(F)(F)F)nc2)c(C)n1. The first-order chi connectivity index (χ1) is 12.7. The van der Waals surface area contributed by atoms with Crippen LogP contribution >= 0.6 is 0 Å². The van der Waals surface area contributed by atoms with E-state index in [2.05, 4.69) is 30.9 Å². The molecule has 0 aliphatic carbocycles. The molecular weight excluding hydrogens is 361 g/mol. The van der Waals surface area contributed by atoms with Crippen molar-refractivity contribution in [3.8, 4) is 0 Å². The summed E-state index contributed by atoms with van der Waals surface area (Å²) in [5.41, 5.74) is 1.38. The molecule has 1 atom stereocenters. The number of carbonyl (C=O) groups is 1. The highest BCUT2D eigenvalue weighted by Gasteiger charge is 2.26. The fourth-order valence-corrected chi connectivity index (χ4v) is 2.16. The zero-order valence-corrected chi connectivity index (χ0v) is 15.2. The van der Waals surface area contributed by atoms with Gasteiger partial charge in [0.1, 0.15) is 18.2 Å². The van der Waals surface area contributed by atoms with Crippen LogP contribution in [0.25, 0.3) is 0 Å². The van der Waals surface area contributed by atoms with Crippen molar-refractivity contribution >= 4 is 23.4 Å². The molecule has 2 rings (SSSR count). The summed E-state index contributed by atoms with van der Waals surface area (Å²) in [6, 6.07) is 2.97. The number of hydrogen-bond donors (Lipinski definition) is 3. The molecular formula is C17H21F3N6O. The molecule has 0 radical (unpaired) electrons. The minimum absolute atomic E-state index is 0.148. The van der Waals surface area contributed by atoms with Crippen LogP contribution in [0.1, 0.15) is 37.6 Å². The molecule has 0 aliphatic rings. The van der Waals surface area contributed by atoms with E-state index in [4.69, 9.17) is 0 Å². The van der Waals surface area contributed by atoms with Gasteiger partial charge in [-0.25, -0.2) is 15.0 Å². The molecule has 0 aromatic carbocycles. The summed E-state index contributed by atoms with van der Waals surface area (Å²) < 4.78 is 36.6. The first kappa shape index (κ1) is 20.4. The molecule has 3 N–H and O–H groups in total. The third-order valence-electron chi connectivity index (χ3n) is 3.64. The number of amides is 1. The molecule has 0 aliphatic heterocycles.